The van der Waals surface area contributed by atoms with Crippen LogP contribution < -0.4 is 0 Å². The third-order valence-electron chi connectivity index (χ3n) is 9.55. The Labute approximate surface area is 383 Å². The lowest BCUT2D eigenvalue weighted by atomic mass is 9.93. The van der Waals surface area contributed by atoms with Crippen LogP contribution in [0, 0.1) is 5.92 Å². The Morgan fingerprint density at radius 1 is 0.446 bits per heavy atom. The maximum atomic E-state index is 13.9. The lowest BCUT2D eigenvalue weighted by Crippen LogP contribution is -2.41. The number of amides is 3. The fourth-order valence-electron chi connectivity index (χ4n) is 6.09. The second-order valence-electron chi connectivity index (χ2n) is 14.6. The van der Waals surface area contributed by atoms with Crippen LogP contribution in [0.2, 0.25) is 0 Å². The zero-order valence-electron chi connectivity index (χ0n) is 38.4. The molecule has 0 radical (unpaired) electrons. The lowest BCUT2D eigenvalue weighted by molar-refractivity contribution is -0.142. The van der Waals surface area contributed by atoms with Crippen LogP contribution in [0.15, 0.2) is 12.2 Å². The first-order valence-electron chi connectivity index (χ1n) is 22.9. The van der Waals surface area contributed by atoms with Gasteiger partial charge in [-0.05, 0) is 19.3 Å². The zero-order chi connectivity index (χ0) is 46.7. The normalized spacial score (nSPS) is 21.2. The molecule has 2 aliphatic heterocycles. The number of rotatable bonds is 12. The molecule has 1 atom stereocenters. The number of carbonyl (C=O) groups excluding carboxylic acids is 4. The Morgan fingerprint density at radius 3 is 1.06 bits per heavy atom. The highest BCUT2D eigenvalue weighted by molar-refractivity contribution is 6.12. The molecule has 0 aromatic heterocycles. The maximum absolute atomic E-state index is 13.9. The average molecular weight is 937 g/mol. The van der Waals surface area contributed by atoms with Crippen LogP contribution in [0.5, 0.6) is 0 Å². The molecule has 0 aromatic rings. The van der Waals surface area contributed by atoms with Gasteiger partial charge in [0, 0.05) is 57.0 Å². The van der Waals surface area contributed by atoms with Gasteiger partial charge in [-0.3, -0.25) is 28.9 Å². The molecule has 0 unspecified atom stereocenters. The van der Waals surface area contributed by atoms with Crippen molar-refractivity contribution in [2.45, 2.75) is 44.9 Å². The molecule has 0 bridgehead atoms. The summed E-state index contributed by atoms with van der Waals surface area (Å²) in [6, 6.07) is 0. The number of hydrogen-bond donors (Lipinski definition) is 1. The third-order valence-corrected chi connectivity index (χ3v) is 9.55. The SMILES string of the molecule is O=C(O)CC[C@H](CC(=O)CCCCCN1C(=O)C=CC1=O)C(=O)N1CCOCCOCCOCCOCCOCCOCCOCCOCCOCCOCCOCCOCCOCC1. The molecule has 2 aliphatic rings. The van der Waals surface area contributed by atoms with Crippen molar-refractivity contribution in [3.8, 4) is 0 Å². The number of unbranched alkanes of at least 4 members (excludes halogenated alkanes) is 2. The molecular formula is C44H76N2O19. The van der Waals surface area contributed by atoms with E-state index in [1.54, 1.807) is 4.90 Å². The molecule has 1 fully saturated rings. The molecule has 2 heterocycles. The van der Waals surface area contributed by atoms with Crippen molar-refractivity contribution < 1.29 is 90.7 Å². The summed E-state index contributed by atoms with van der Waals surface area (Å²) in [5.74, 6) is -3.11. The molecule has 1 N–H and O–H groups in total. The molecule has 376 valence electrons. The second-order valence-corrected chi connectivity index (χ2v) is 14.6. The fraction of sp³-hybridized carbons (Fsp3) is 0.841. The predicted molar refractivity (Wildman–Crippen MR) is 232 cm³/mol. The summed E-state index contributed by atoms with van der Waals surface area (Å²) in [4.78, 5) is 64.7. The van der Waals surface area contributed by atoms with E-state index in [0.29, 0.717) is 165 Å². The number of ketones is 1. The molecular weight excluding hydrogens is 860 g/mol. The van der Waals surface area contributed by atoms with Crippen LogP contribution in [0.3, 0.4) is 0 Å². The Morgan fingerprint density at radius 2 is 0.754 bits per heavy atom. The Kier molecular flexibility index (Phi) is 37.8. The summed E-state index contributed by atoms with van der Waals surface area (Å²) in [5.41, 5.74) is 0. The van der Waals surface area contributed by atoms with Crippen LogP contribution in [0.4, 0.5) is 0 Å². The van der Waals surface area contributed by atoms with E-state index in [1.807, 2.05) is 0 Å². The molecule has 3 amide bonds. The number of nitrogens with zero attached hydrogens (tertiary/aromatic N) is 2. The number of carboxylic acid groups (broad SMARTS) is 1. The molecule has 0 aromatic carbocycles. The van der Waals surface area contributed by atoms with E-state index >= 15 is 0 Å². The van der Waals surface area contributed by atoms with Crippen LogP contribution >= 0.6 is 0 Å². The first-order valence-corrected chi connectivity index (χ1v) is 22.9. The van der Waals surface area contributed by atoms with Crippen LogP contribution in [-0.4, -0.2) is 236 Å². The number of carboxylic acids is 1. The number of carbonyl (C=O) groups is 5. The van der Waals surface area contributed by atoms with E-state index in [1.165, 1.54) is 12.2 Å². The molecule has 1 saturated heterocycles. The van der Waals surface area contributed by atoms with Gasteiger partial charge in [0.05, 0.1) is 172 Å². The molecule has 0 saturated carbocycles. The van der Waals surface area contributed by atoms with Crippen molar-refractivity contribution in [1.29, 1.82) is 0 Å². The van der Waals surface area contributed by atoms with Gasteiger partial charge in [-0.2, -0.15) is 0 Å². The van der Waals surface area contributed by atoms with E-state index in [2.05, 4.69) is 0 Å². The van der Waals surface area contributed by atoms with Gasteiger partial charge in [-0.1, -0.05) is 6.42 Å². The Bertz CT molecular complexity index is 1200. The van der Waals surface area contributed by atoms with Crippen LogP contribution in [-0.2, 0) is 85.6 Å². The van der Waals surface area contributed by atoms with E-state index in [0.717, 1.165) is 4.90 Å². The second kappa shape index (κ2) is 42.3. The highest BCUT2D eigenvalue weighted by atomic mass is 16.6. The van der Waals surface area contributed by atoms with Gasteiger partial charge in [0.1, 0.15) is 5.78 Å². The van der Waals surface area contributed by atoms with Gasteiger partial charge in [0.15, 0.2) is 0 Å². The van der Waals surface area contributed by atoms with Crippen molar-refractivity contribution in [2.75, 3.05) is 191 Å². The minimum absolute atomic E-state index is 0.000346. The van der Waals surface area contributed by atoms with E-state index in [4.69, 9.17) is 61.6 Å². The number of hydrogen-bond acceptors (Lipinski definition) is 18. The van der Waals surface area contributed by atoms with Gasteiger partial charge in [0.25, 0.3) is 11.8 Å². The van der Waals surface area contributed by atoms with E-state index < -0.39 is 11.9 Å². The Hall–Kier alpha value is -3.03. The summed E-state index contributed by atoms with van der Waals surface area (Å²) < 4.78 is 72.3. The smallest absolute Gasteiger partial charge is 0.303 e. The molecule has 21 heteroatoms. The maximum Gasteiger partial charge on any atom is 0.303 e. The lowest BCUT2D eigenvalue weighted by Gasteiger charge is -2.27. The summed E-state index contributed by atoms with van der Waals surface area (Å²) >= 11 is 0. The quantitative estimate of drug-likeness (QED) is 0.212. The minimum atomic E-state index is -1.06. The van der Waals surface area contributed by atoms with Gasteiger partial charge >= 0.3 is 5.97 Å². The van der Waals surface area contributed by atoms with Crippen molar-refractivity contribution in [1.82, 2.24) is 9.80 Å². The fourth-order valence-corrected chi connectivity index (χ4v) is 6.09. The van der Waals surface area contributed by atoms with E-state index in [9.17, 15) is 29.1 Å². The van der Waals surface area contributed by atoms with Gasteiger partial charge in [-0.25, -0.2) is 0 Å². The van der Waals surface area contributed by atoms with Crippen molar-refractivity contribution >= 4 is 29.5 Å². The third kappa shape index (κ3) is 34.0. The van der Waals surface area contributed by atoms with Crippen molar-refractivity contribution in [3.05, 3.63) is 12.2 Å². The predicted octanol–water partition coefficient (Wildman–Crippen LogP) is 0.970. The zero-order valence-corrected chi connectivity index (χ0v) is 38.4. The summed E-state index contributed by atoms with van der Waals surface area (Å²) in [6.07, 6.45) is 3.94. The van der Waals surface area contributed by atoms with E-state index in [-0.39, 0.29) is 95.2 Å². The van der Waals surface area contributed by atoms with Gasteiger partial charge in [-0.15, -0.1) is 0 Å². The molecule has 65 heavy (non-hydrogen) atoms. The molecule has 0 spiro atoms. The average Bonchev–Trinajstić information content (AvgIpc) is 3.62. The number of Topliss-reactive ketones (excluding diaryl/α,β-unsaturated/α-hetero) is 1. The minimum Gasteiger partial charge on any atom is -0.481 e. The molecule has 21 nitrogen and oxygen atoms in total. The summed E-state index contributed by atoms with van der Waals surface area (Å²) in [5, 5.41) is 9.42. The van der Waals surface area contributed by atoms with Crippen molar-refractivity contribution in [2.24, 2.45) is 5.92 Å². The van der Waals surface area contributed by atoms with Gasteiger partial charge < -0.3 is 71.6 Å². The summed E-state index contributed by atoms with van der Waals surface area (Å²) in [6.45, 7) is 10.9. The van der Waals surface area contributed by atoms with Crippen molar-refractivity contribution in [3.63, 3.8) is 0 Å². The van der Waals surface area contributed by atoms with Crippen LogP contribution in [0.1, 0.15) is 44.9 Å². The Balaban J connectivity index is 1.79. The topological polar surface area (TPSA) is 232 Å². The van der Waals surface area contributed by atoms with Gasteiger partial charge in [0.2, 0.25) is 5.91 Å². The highest BCUT2D eigenvalue weighted by Gasteiger charge is 2.27. The number of aliphatic carboxylic acids is 1. The number of imide groups is 1. The summed E-state index contributed by atoms with van der Waals surface area (Å²) in [7, 11) is 0. The highest BCUT2D eigenvalue weighted by Crippen LogP contribution is 2.19. The largest absolute Gasteiger partial charge is 0.481 e. The molecule has 0 aliphatic carbocycles. The molecule has 2 rings (SSSR count). The van der Waals surface area contributed by atoms with Crippen LogP contribution in [0.25, 0.3) is 0 Å². The monoisotopic (exact) mass is 937 g/mol. The first-order chi connectivity index (χ1) is 31.9. The first kappa shape index (κ1) is 58.1. The standard InChI is InChI=1S/C44H76N2O19/c47-40(4-2-1-3-9-46-41(48)6-7-42(46)49)38-39(5-8-43(50)51)44(52)45-10-12-53-14-16-55-18-20-57-22-24-59-26-28-61-30-32-63-34-36-65-37-35-64-33-31-62-29-27-60-25-23-58-21-19-56-17-15-54-13-11-45/h6-7,39H,1-5,8-38H2,(H,50,51)/t39-/m1/s1. The number of ether oxygens (including phenoxy) is 13.